The molecule has 110 valence electrons. The number of thiazole rings is 1. The summed E-state index contributed by atoms with van der Waals surface area (Å²) >= 11 is 0.831. The molecule has 20 heavy (non-hydrogen) atoms. The van der Waals surface area contributed by atoms with Crippen molar-refractivity contribution in [2.24, 2.45) is 0 Å². The molecule has 0 amide bonds. The number of fused-ring (bicyclic) bond motifs is 1. The average molecular weight is 337 g/mol. The first-order valence-electron chi connectivity index (χ1n) is 5.38. The van der Waals surface area contributed by atoms with Gasteiger partial charge in [-0.25, -0.2) is 13.4 Å². The molecule has 2 aromatic rings. The molecule has 1 heterocycles. The molecule has 0 fully saturated rings. The minimum Gasteiger partial charge on any atom is -0.492 e. The van der Waals surface area contributed by atoms with E-state index in [0.29, 0.717) is 4.70 Å². The first-order valence-corrected chi connectivity index (χ1v) is 9.53. The van der Waals surface area contributed by atoms with Crippen LogP contribution in [-0.2, 0) is 20.0 Å². The molecule has 1 aromatic heterocycles. The number of hydrogen-bond donors (Lipinski definition) is 1. The van der Waals surface area contributed by atoms with Crippen LogP contribution in [0.15, 0.2) is 21.4 Å². The van der Waals surface area contributed by atoms with Crippen molar-refractivity contribution in [3.63, 3.8) is 0 Å². The molecule has 0 aliphatic heterocycles. The van der Waals surface area contributed by atoms with Gasteiger partial charge in [0.25, 0.3) is 10.1 Å². The van der Waals surface area contributed by atoms with E-state index >= 15 is 0 Å². The van der Waals surface area contributed by atoms with Crippen LogP contribution < -0.4 is 4.74 Å². The number of rotatable bonds is 4. The smallest absolute Gasteiger partial charge is 0.300 e. The Morgan fingerprint density at radius 3 is 2.45 bits per heavy atom. The van der Waals surface area contributed by atoms with Gasteiger partial charge in [-0.3, -0.25) is 4.55 Å². The summed E-state index contributed by atoms with van der Waals surface area (Å²) < 4.78 is 60.5. The fourth-order valence-electron chi connectivity index (χ4n) is 1.61. The predicted octanol–water partition coefficient (Wildman–Crippen LogP) is 1.35. The van der Waals surface area contributed by atoms with Crippen LogP contribution in [0.3, 0.4) is 0 Å². The van der Waals surface area contributed by atoms with Gasteiger partial charge < -0.3 is 4.74 Å². The fraction of sp³-hybridized carbons (Fsp3) is 0.300. The van der Waals surface area contributed by atoms with Crippen molar-refractivity contribution in [3.05, 3.63) is 12.1 Å². The quantitative estimate of drug-likeness (QED) is 0.838. The fourth-order valence-corrected chi connectivity index (χ4v) is 4.29. The summed E-state index contributed by atoms with van der Waals surface area (Å²) in [7, 11) is -8.15. The Morgan fingerprint density at radius 1 is 1.30 bits per heavy atom. The lowest BCUT2D eigenvalue weighted by molar-refractivity contribution is 0.330. The molecule has 0 radical (unpaired) electrons. The van der Waals surface area contributed by atoms with Crippen LogP contribution >= 0.6 is 11.3 Å². The molecule has 7 nitrogen and oxygen atoms in total. The Balaban J connectivity index is 2.88. The number of benzene rings is 1. The van der Waals surface area contributed by atoms with Gasteiger partial charge in [-0.15, -0.1) is 11.3 Å². The number of aromatic nitrogens is 1. The summed E-state index contributed by atoms with van der Waals surface area (Å²) in [5, 5.41) is 0. The van der Waals surface area contributed by atoms with Crippen molar-refractivity contribution in [2.45, 2.75) is 16.2 Å². The lowest BCUT2D eigenvalue weighted by Gasteiger charge is -2.07. The van der Waals surface area contributed by atoms with E-state index in [1.807, 2.05) is 0 Å². The first kappa shape index (κ1) is 15.2. The Kier molecular flexibility index (Phi) is 3.75. The maximum atomic E-state index is 11.5. The molecule has 0 spiro atoms. The topological polar surface area (TPSA) is 111 Å². The van der Waals surface area contributed by atoms with E-state index in [0.717, 1.165) is 17.6 Å². The molecule has 0 aliphatic rings. The van der Waals surface area contributed by atoms with E-state index in [2.05, 4.69) is 4.98 Å². The molecule has 0 bridgehead atoms. The van der Waals surface area contributed by atoms with Gasteiger partial charge in [0.1, 0.15) is 11.3 Å². The van der Waals surface area contributed by atoms with Gasteiger partial charge in [0.15, 0.2) is 4.90 Å². The van der Waals surface area contributed by atoms with Gasteiger partial charge in [-0.05, 0) is 19.1 Å². The number of hydrogen-bond acceptors (Lipinski definition) is 7. The maximum absolute atomic E-state index is 11.5. The van der Waals surface area contributed by atoms with Crippen LogP contribution in [0.2, 0.25) is 0 Å². The van der Waals surface area contributed by atoms with E-state index in [9.17, 15) is 21.4 Å². The zero-order valence-electron chi connectivity index (χ0n) is 10.5. The highest BCUT2D eigenvalue weighted by atomic mass is 32.2. The van der Waals surface area contributed by atoms with E-state index < -0.39 is 24.9 Å². The van der Waals surface area contributed by atoms with Crippen molar-refractivity contribution in [3.8, 4) is 5.75 Å². The third kappa shape index (κ3) is 2.77. The Labute approximate surface area is 119 Å². The van der Waals surface area contributed by atoms with Crippen molar-refractivity contribution in [1.82, 2.24) is 4.98 Å². The highest BCUT2D eigenvalue weighted by Crippen LogP contribution is 2.35. The first-order chi connectivity index (χ1) is 9.14. The molecule has 0 unspecified atom stereocenters. The van der Waals surface area contributed by atoms with E-state index in [-0.39, 0.29) is 22.2 Å². The Bertz CT molecular complexity index is 866. The molecule has 0 saturated carbocycles. The summed E-state index contributed by atoms with van der Waals surface area (Å²) in [5.74, 6) is -0.0622. The minimum atomic E-state index is -4.59. The van der Waals surface area contributed by atoms with Crippen molar-refractivity contribution in [2.75, 3.05) is 12.9 Å². The SMILES string of the molecule is CCOc1ccc2sc(S(C)(=O)=O)nc2c1S(=O)(=O)O. The van der Waals surface area contributed by atoms with E-state index in [1.54, 1.807) is 6.92 Å². The second-order valence-electron chi connectivity index (χ2n) is 3.90. The average Bonchev–Trinajstić information content (AvgIpc) is 2.70. The molecule has 10 heteroatoms. The van der Waals surface area contributed by atoms with Crippen molar-refractivity contribution in [1.29, 1.82) is 0 Å². The summed E-state index contributed by atoms with van der Waals surface area (Å²) in [4.78, 5) is 3.29. The van der Waals surface area contributed by atoms with Crippen molar-refractivity contribution >= 4 is 41.5 Å². The van der Waals surface area contributed by atoms with E-state index in [4.69, 9.17) is 4.74 Å². The van der Waals surface area contributed by atoms with Crippen LogP contribution in [0, 0.1) is 0 Å². The summed E-state index contributed by atoms with van der Waals surface area (Å²) in [5.41, 5.74) is -0.108. The predicted molar refractivity (Wildman–Crippen MR) is 73.7 cm³/mol. The number of ether oxygens (including phenoxy) is 1. The van der Waals surface area contributed by atoms with Crippen molar-refractivity contribution < 1.29 is 26.1 Å². The lowest BCUT2D eigenvalue weighted by Crippen LogP contribution is -2.04. The molecule has 0 atom stereocenters. The largest absolute Gasteiger partial charge is 0.492 e. The van der Waals surface area contributed by atoms with Gasteiger partial charge in [0, 0.05) is 6.26 Å². The second kappa shape index (κ2) is 4.95. The van der Waals surface area contributed by atoms with Gasteiger partial charge in [-0.2, -0.15) is 8.42 Å². The van der Waals surface area contributed by atoms with Gasteiger partial charge in [0.2, 0.25) is 14.2 Å². The van der Waals surface area contributed by atoms with E-state index in [1.165, 1.54) is 12.1 Å². The molecule has 2 rings (SSSR count). The Hall–Kier alpha value is -1.23. The second-order valence-corrected chi connectivity index (χ2v) is 8.48. The van der Waals surface area contributed by atoms with Gasteiger partial charge in [0.05, 0.1) is 11.3 Å². The van der Waals surface area contributed by atoms with Gasteiger partial charge in [-0.1, -0.05) is 0 Å². The Morgan fingerprint density at radius 2 is 1.95 bits per heavy atom. The summed E-state index contributed by atoms with van der Waals surface area (Å²) in [6.07, 6.45) is 0.973. The third-order valence-electron chi connectivity index (χ3n) is 2.33. The van der Waals surface area contributed by atoms with Crippen LogP contribution in [0.5, 0.6) is 5.75 Å². The third-order valence-corrected chi connectivity index (χ3v) is 5.94. The normalized spacial score (nSPS) is 12.8. The number of sulfone groups is 1. The number of nitrogens with zero attached hydrogens (tertiary/aromatic N) is 1. The zero-order chi connectivity index (χ0) is 15.1. The molecular weight excluding hydrogens is 326 g/mol. The minimum absolute atomic E-state index is 0.0622. The molecule has 1 N–H and O–H groups in total. The highest BCUT2D eigenvalue weighted by molar-refractivity contribution is 7.92. The standard InChI is InChI=1S/C10H11NO6S3/c1-3-17-6-4-5-7-8(9(6)20(14,15)16)11-10(18-7)19(2,12)13/h4-5H,3H2,1-2H3,(H,14,15,16). The summed E-state index contributed by atoms with van der Waals surface area (Å²) in [6, 6.07) is 2.86. The van der Waals surface area contributed by atoms with Crippen LogP contribution in [0.25, 0.3) is 10.2 Å². The molecular formula is C10H11NO6S3. The molecule has 0 saturated heterocycles. The maximum Gasteiger partial charge on any atom is 0.300 e. The summed E-state index contributed by atoms with van der Waals surface area (Å²) in [6.45, 7) is 1.85. The highest BCUT2D eigenvalue weighted by Gasteiger charge is 2.25. The van der Waals surface area contributed by atoms with Crippen LogP contribution in [0.1, 0.15) is 6.92 Å². The zero-order valence-corrected chi connectivity index (χ0v) is 13.0. The van der Waals surface area contributed by atoms with Crippen LogP contribution in [0.4, 0.5) is 0 Å². The van der Waals surface area contributed by atoms with Gasteiger partial charge >= 0.3 is 0 Å². The monoisotopic (exact) mass is 337 g/mol. The lowest BCUT2D eigenvalue weighted by atomic mass is 10.3. The molecule has 1 aromatic carbocycles. The molecule has 0 aliphatic carbocycles. The van der Waals surface area contributed by atoms with Crippen LogP contribution in [-0.4, -0.2) is 39.2 Å².